The van der Waals surface area contributed by atoms with E-state index in [0.717, 1.165) is 35.2 Å². The maximum atomic E-state index is 14.1. The van der Waals surface area contributed by atoms with Crippen molar-refractivity contribution in [2.24, 2.45) is 4.99 Å². The summed E-state index contributed by atoms with van der Waals surface area (Å²) in [5.41, 5.74) is -1.07. The number of alkyl halides is 3. The number of phosphoric acid groups is 1. The van der Waals surface area contributed by atoms with Crippen LogP contribution in [-0.4, -0.2) is 37.0 Å². The number of pyridine rings is 1. The number of hydrogen-bond donors (Lipinski definition) is 2. The lowest BCUT2D eigenvalue weighted by atomic mass is 9.83. The molecule has 0 aliphatic carbocycles. The summed E-state index contributed by atoms with van der Waals surface area (Å²) in [5.74, 6) is -1.24. The van der Waals surface area contributed by atoms with Crippen LogP contribution >= 0.6 is 19.2 Å². The molecule has 0 saturated carbocycles. The number of aryl methyl sites for hydroxylation is 1. The van der Waals surface area contributed by atoms with Gasteiger partial charge in [0.05, 0.1) is 27.5 Å². The molecule has 1 amide bonds. The zero-order valence-electron chi connectivity index (χ0n) is 26.7. The number of carbonyl (C=O) groups is 1. The van der Waals surface area contributed by atoms with Gasteiger partial charge in [0.1, 0.15) is 17.5 Å². The quantitative estimate of drug-likeness (QED) is 0.120. The van der Waals surface area contributed by atoms with Gasteiger partial charge in [-0.05, 0) is 48.7 Å². The second-order valence-corrected chi connectivity index (χ2v) is 13.8. The van der Waals surface area contributed by atoms with E-state index in [-0.39, 0.29) is 23.4 Å². The fourth-order valence-electron chi connectivity index (χ4n) is 5.55. The molecule has 0 aliphatic rings. The average molecular weight is 714 g/mol. The van der Waals surface area contributed by atoms with Gasteiger partial charge < -0.3 is 19.1 Å². The predicted octanol–water partition coefficient (Wildman–Crippen LogP) is 7.76. The van der Waals surface area contributed by atoms with Gasteiger partial charge in [-0.2, -0.15) is 18.2 Å². The fraction of sp³-hybridized carbons (Fsp3) is 0.286. The number of amides is 1. The zero-order chi connectivity index (χ0) is 35.2. The molecule has 49 heavy (non-hydrogen) atoms. The summed E-state index contributed by atoms with van der Waals surface area (Å²) in [6, 6.07) is 22.1. The molecule has 14 heteroatoms. The van der Waals surface area contributed by atoms with Crippen LogP contribution in [-0.2, 0) is 34.7 Å². The lowest BCUT2D eigenvalue weighted by Crippen LogP contribution is -2.51. The number of aromatic nitrogens is 2. The van der Waals surface area contributed by atoms with Crippen LogP contribution in [0.25, 0.3) is 10.2 Å². The molecule has 0 bridgehead atoms. The molecule has 1 unspecified atom stereocenters. The molecular weight excluding hydrogens is 678 g/mol. The maximum Gasteiger partial charge on any atom is 0.469 e. The van der Waals surface area contributed by atoms with E-state index in [1.165, 1.54) is 18.3 Å². The monoisotopic (exact) mass is 713 g/mol. The van der Waals surface area contributed by atoms with Gasteiger partial charge >= 0.3 is 14.0 Å². The van der Waals surface area contributed by atoms with Crippen molar-refractivity contribution >= 4 is 35.3 Å². The fourth-order valence-corrected chi connectivity index (χ4v) is 7.18. The molecule has 258 valence electrons. The first-order valence-electron chi connectivity index (χ1n) is 15.5. The van der Waals surface area contributed by atoms with Gasteiger partial charge in [-0.15, -0.1) is 0 Å². The van der Waals surface area contributed by atoms with Gasteiger partial charge in [0.2, 0.25) is 0 Å². The Bertz CT molecular complexity index is 1970. The highest BCUT2D eigenvalue weighted by molar-refractivity contribution is 7.46. The van der Waals surface area contributed by atoms with Crippen LogP contribution in [0.15, 0.2) is 102 Å². The lowest BCUT2D eigenvalue weighted by molar-refractivity contribution is -0.137. The number of phosphoric ester groups is 1. The highest BCUT2D eigenvalue weighted by atomic mass is 32.1. The Kier molecular flexibility index (Phi) is 11.2. The number of unbranched alkanes of at least 4 members (excludes halogenated alkanes) is 1. The van der Waals surface area contributed by atoms with Crippen LogP contribution in [0.3, 0.4) is 0 Å². The third-order valence-corrected chi connectivity index (χ3v) is 9.65. The molecule has 2 heterocycles. The molecule has 2 N–H and O–H groups in total. The van der Waals surface area contributed by atoms with Crippen LogP contribution in [0, 0.1) is 0 Å². The van der Waals surface area contributed by atoms with Gasteiger partial charge in [-0.1, -0.05) is 85.3 Å². The highest BCUT2D eigenvalue weighted by Crippen LogP contribution is 2.43. The lowest BCUT2D eigenvalue weighted by Gasteiger charge is -2.40. The molecule has 5 aromatic rings. The molecule has 0 spiro atoms. The summed E-state index contributed by atoms with van der Waals surface area (Å²) in [4.78, 5) is 42.5. The van der Waals surface area contributed by atoms with Gasteiger partial charge in [-0.25, -0.2) is 4.57 Å². The molecule has 0 fully saturated rings. The molecule has 5 rings (SSSR count). The first kappa shape index (κ1) is 36.2. The highest BCUT2D eigenvalue weighted by Gasteiger charge is 2.44. The number of fused-ring (bicyclic) bond motifs is 1. The van der Waals surface area contributed by atoms with E-state index in [4.69, 9.17) is 9.26 Å². The van der Waals surface area contributed by atoms with E-state index in [0.29, 0.717) is 23.7 Å². The minimum absolute atomic E-state index is 0.00995. The molecule has 0 radical (unpaired) electrons. The number of hydrogen-bond acceptors (Lipinski definition) is 6. The van der Waals surface area contributed by atoms with Crippen molar-refractivity contribution in [2.75, 3.05) is 0 Å². The van der Waals surface area contributed by atoms with E-state index >= 15 is 0 Å². The first-order valence-corrected chi connectivity index (χ1v) is 17.9. The summed E-state index contributed by atoms with van der Waals surface area (Å²) in [5, 5.41) is 0. The van der Waals surface area contributed by atoms with Crippen molar-refractivity contribution in [1.82, 2.24) is 9.55 Å². The molecular formula is C35H35F3N3O6PS. The van der Waals surface area contributed by atoms with Crippen molar-refractivity contribution < 1.29 is 41.6 Å². The van der Waals surface area contributed by atoms with E-state index < -0.39 is 42.7 Å². The largest absolute Gasteiger partial charge is 0.483 e. The topological polar surface area (TPSA) is 123 Å². The van der Waals surface area contributed by atoms with Crippen LogP contribution in [0.5, 0.6) is 5.75 Å². The van der Waals surface area contributed by atoms with Crippen LogP contribution < -0.4 is 9.54 Å². The Morgan fingerprint density at radius 2 is 1.63 bits per heavy atom. The minimum atomic E-state index is -5.09. The molecule has 3 aromatic carbocycles. The van der Waals surface area contributed by atoms with Crippen molar-refractivity contribution in [2.45, 2.75) is 64.0 Å². The van der Waals surface area contributed by atoms with Crippen molar-refractivity contribution in [1.29, 1.82) is 0 Å². The average Bonchev–Trinajstić information content (AvgIpc) is 3.40. The van der Waals surface area contributed by atoms with E-state index in [2.05, 4.69) is 9.98 Å². The van der Waals surface area contributed by atoms with E-state index in [1.54, 1.807) is 79.1 Å². The normalized spacial score (nSPS) is 13.5. The summed E-state index contributed by atoms with van der Waals surface area (Å²) >= 11 is 1.21. The van der Waals surface area contributed by atoms with Crippen LogP contribution in [0.2, 0.25) is 0 Å². The van der Waals surface area contributed by atoms with Gasteiger partial charge in [0.25, 0.3) is 5.91 Å². The number of thiazole rings is 1. The third kappa shape index (κ3) is 9.11. The Morgan fingerprint density at radius 3 is 2.20 bits per heavy atom. The van der Waals surface area contributed by atoms with Crippen LogP contribution in [0.1, 0.15) is 53.7 Å². The standard InChI is InChI=1S/C35H35F3N3O6PS/c1-3-4-19-41-29-23-39-18-17-31(29)49-33(41)40-32(42)28-20-27(35(36,37)38)15-16-30(28)46-34(24(2)47-48(43,44)45,21-25-11-7-5-8-12-25)22-26-13-9-6-10-14-26/h5-18,20,23-24H,3-4,19,21-22H2,1-2H3,(H2,43,44,45). The Hall–Kier alpha value is -4.13. The first-order chi connectivity index (χ1) is 23.3. The number of nitrogens with zero attached hydrogens (tertiary/aromatic N) is 3. The predicted molar refractivity (Wildman–Crippen MR) is 180 cm³/mol. The summed E-state index contributed by atoms with van der Waals surface area (Å²) in [6.45, 7) is 3.94. The molecule has 0 saturated heterocycles. The summed E-state index contributed by atoms with van der Waals surface area (Å²) in [6.07, 6.45) is -1.24. The zero-order valence-corrected chi connectivity index (χ0v) is 28.4. The van der Waals surface area contributed by atoms with Crippen molar-refractivity contribution in [3.8, 4) is 5.75 Å². The molecule has 2 aromatic heterocycles. The van der Waals surface area contributed by atoms with Crippen LogP contribution in [0.4, 0.5) is 13.2 Å². The molecule has 0 aliphatic heterocycles. The third-order valence-electron chi connectivity index (χ3n) is 8.00. The number of rotatable bonds is 13. The second kappa shape index (κ2) is 15.2. The Balaban J connectivity index is 1.70. The van der Waals surface area contributed by atoms with E-state index in [1.807, 2.05) is 11.5 Å². The van der Waals surface area contributed by atoms with Crippen molar-refractivity contribution in [3.05, 3.63) is 124 Å². The Labute approximate surface area is 285 Å². The minimum Gasteiger partial charge on any atom is -0.483 e. The van der Waals surface area contributed by atoms with Gasteiger partial charge in [-0.3, -0.25) is 14.3 Å². The van der Waals surface area contributed by atoms with Gasteiger partial charge in [0, 0.05) is 25.6 Å². The number of ether oxygens (including phenoxy) is 1. The molecule has 1 atom stereocenters. The number of halogens is 3. The molecule has 9 nitrogen and oxygen atoms in total. The second-order valence-electron chi connectivity index (χ2n) is 11.6. The maximum absolute atomic E-state index is 14.1. The van der Waals surface area contributed by atoms with Gasteiger partial charge in [0.15, 0.2) is 4.80 Å². The summed E-state index contributed by atoms with van der Waals surface area (Å²) < 4.78 is 68.8. The number of benzene rings is 3. The SMILES string of the molecule is CCCCn1c(=NC(=O)c2cc(C(F)(F)F)ccc2OC(Cc2ccccc2)(Cc2ccccc2)C(C)OP(=O)(O)O)sc2ccncc21. The summed E-state index contributed by atoms with van der Waals surface area (Å²) in [7, 11) is -5.09. The smallest absolute Gasteiger partial charge is 0.469 e. The van der Waals surface area contributed by atoms with Crippen molar-refractivity contribution in [3.63, 3.8) is 0 Å². The number of carbonyl (C=O) groups excluding carboxylic acids is 1. The van der Waals surface area contributed by atoms with E-state index in [9.17, 15) is 32.3 Å². The Morgan fingerprint density at radius 1 is 1.00 bits per heavy atom.